The van der Waals surface area contributed by atoms with Crippen LogP contribution in [0, 0.1) is 17.0 Å². The maximum Gasteiger partial charge on any atom is 0.272 e. The van der Waals surface area contributed by atoms with E-state index < -0.39 is 0 Å². The number of nitrogens with zero attached hydrogens (tertiary/aromatic N) is 3. The van der Waals surface area contributed by atoms with Crippen molar-refractivity contribution in [1.82, 2.24) is 15.3 Å². The van der Waals surface area contributed by atoms with Crippen LogP contribution in [0.2, 0.25) is 0 Å². The fraction of sp³-hybridized carbons (Fsp3) is 0.231. The van der Waals surface area contributed by atoms with Crippen LogP contribution < -0.4 is 5.32 Å². The van der Waals surface area contributed by atoms with Crippen LogP contribution in [-0.2, 0) is 13.1 Å². The van der Waals surface area contributed by atoms with Crippen molar-refractivity contribution in [2.45, 2.75) is 20.0 Å². The molecule has 1 N–H and O–H groups in total. The van der Waals surface area contributed by atoms with Gasteiger partial charge in [0.05, 0.1) is 10.6 Å². The van der Waals surface area contributed by atoms with E-state index in [-0.39, 0.29) is 10.6 Å². The zero-order valence-corrected chi connectivity index (χ0v) is 10.5. The van der Waals surface area contributed by atoms with E-state index in [1.807, 2.05) is 12.1 Å². The molecule has 0 atom stereocenters. The van der Waals surface area contributed by atoms with E-state index in [1.165, 1.54) is 12.4 Å². The summed E-state index contributed by atoms with van der Waals surface area (Å²) in [6.45, 7) is 2.93. The number of nitro groups is 1. The molecule has 0 aliphatic carbocycles. The summed E-state index contributed by atoms with van der Waals surface area (Å²) in [5.41, 5.74) is 2.66. The molecule has 0 spiro atoms. The molecule has 0 aliphatic heterocycles. The van der Waals surface area contributed by atoms with Gasteiger partial charge in [-0.1, -0.05) is 12.1 Å². The van der Waals surface area contributed by atoms with Gasteiger partial charge in [0.2, 0.25) is 0 Å². The number of aromatic nitrogens is 2. The zero-order valence-electron chi connectivity index (χ0n) is 10.5. The first-order valence-electron chi connectivity index (χ1n) is 5.87. The zero-order chi connectivity index (χ0) is 13.7. The van der Waals surface area contributed by atoms with E-state index in [0.717, 1.165) is 11.3 Å². The van der Waals surface area contributed by atoms with Crippen LogP contribution in [-0.4, -0.2) is 14.9 Å². The van der Waals surface area contributed by atoms with Gasteiger partial charge in [-0.2, -0.15) is 0 Å². The number of benzene rings is 1. The lowest BCUT2D eigenvalue weighted by Crippen LogP contribution is -2.14. The van der Waals surface area contributed by atoms with Crippen LogP contribution in [0.3, 0.4) is 0 Å². The molecule has 2 aromatic rings. The van der Waals surface area contributed by atoms with Crippen molar-refractivity contribution in [2.75, 3.05) is 0 Å². The summed E-state index contributed by atoms with van der Waals surface area (Å²) in [5, 5.41) is 14.0. The average Bonchev–Trinajstić information content (AvgIpc) is 2.41. The first-order chi connectivity index (χ1) is 9.18. The Morgan fingerprint density at radius 3 is 2.84 bits per heavy atom. The molecule has 1 aromatic carbocycles. The number of hydrogen-bond donors (Lipinski definition) is 1. The molecule has 98 valence electrons. The standard InChI is InChI=1S/C13H14N4O2/c1-10-11(3-2-4-13(10)17(18)19)7-15-8-12-5-6-14-9-16-12/h2-6,9,15H,7-8H2,1H3. The highest BCUT2D eigenvalue weighted by Gasteiger charge is 2.12. The molecule has 0 fully saturated rings. The third-order valence-electron chi connectivity index (χ3n) is 2.88. The molecule has 0 unspecified atom stereocenters. The monoisotopic (exact) mass is 258 g/mol. The topological polar surface area (TPSA) is 81.0 Å². The smallest absolute Gasteiger partial charge is 0.272 e. The summed E-state index contributed by atoms with van der Waals surface area (Å²) in [6.07, 6.45) is 3.18. The lowest BCUT2D eigenvalue weighted by atomic mass is 10.1. The van der Waals surface area contributed by atoms with Crippen LogP contribution in [0.15, 0.2) is 36.8 Å². The van der Waals surface area contributed by atoms with E-state index in [2.05, 4.69) is 15.3 Å². The molecular weight excluding hydrogens is 244 g/mol. The normalized spacial score (nSPS) is 10.4. The van der Waals surface area contributed by atoms with Crippen molar-refractivity contribution in [3.8, 4) is 0 Å². The molecule has 2 rings (SSSR count). The average molecular weight is 258 g/mol. The Kier molecular flexibility index (Phi) is 4.15. The van der Waals surface area contributed by atoms with Crippen LogP contribution in [0.4, 0.5) is 5.69 Å². The van der Waals surface area contributed by atoms with Crippen molar-refractivity contribution in [3.05, 3.63) is 63.7 Å². The van der Waals surface area contributed by atoms with E-state index in [1.54, 1.807) is 19.2 Å². The third-order valence-corrected chi connectivity index (χ3v) is 2.88. The van der Waals surface area contributed by atoms with Crippen LogP contribution in [0.5, 0.6) is 0 Å². The molecule has 6 nitrogen and oxygen atoms in total. The van der Waals surface area contributed by atoms with Gasteiger partial charge in [-0.25, -0.2) is 9.97 Å². The van der Waals surface area contributed by atoms with Gasteiger partial charge >= 0.3 is 0 Å². The quantitative estimate of drug-likeness (QED) is 0.655. The highest BCUT2D eigenvalue weighted by Crippen LogP contribution is 2.20. The summed E-state index contributed by atoms with van der Waals surface area (Å²) < 4.78 is 0. The fourth-order valence-corrected chi connectivity index (χ4v) is 1.81. The summed E-state index contributed by atoms with van der Waals surface area (Å²) >= 11 is 0. The van der Waals surface area contributed by atoms with Crippen molar-refractivity contribution in [2.24, 2.45) is 0 Å². The van der Waals surface area contributed by atoms with Gasteiger partial charge in [-0.05, 0) is 18.6 Å². The second kappa shape index (κ2) is 6.01. The highest BCUT2D eigenvalue weighted by molar-refractivity contribution is 5.44. The Balaban J connectivity index is 2.00. The summed E-state index contributed by atoms with van der Waals surface area (Å²) in [7, 11) is 0. The molecule has 19 heavy (non-hydrogen) atoms. The maximum absolute atomic E-state index is 10.8. The first-order valence-corrected chi connectivity index (χ1v) is 5.87. The fourth-order valence-electron chi connectivity index (χ4n) is 1.81. The molecule has 0 amide bonds. The second-order valence-electron chi connectivity index (χ2n) is 4.12. The maximum atomic E-state index is 10.8. The van der Waals surface area contributed by atoms with Gasteiger partial charge in [0, 0.05) is 30.9 Å². The van der Waals surface area contributed by atoms with Crippen molar-refractivity contribution < 1.29 is 4.92 Å². The molecule has 0 aliphatic rings. The molecular formula is C13H14N4O2. The summed E-state index contributed by atoms with van der Waals surface area (Å²) in [6, 6.07) is 6.93. The van der Waals surface area contributed by atoms with E-state index >= 15 is 0 Å². The van der Waals surface area contributed by atoms with Crippen LogP contribution >= 0.6 is 0 Å². The summed E-state index contributed by atoms with van der Waals surface area (Å²) in [4.78, 5) is 18.4. The van der Waals surface area contributed by atoms with Crippen LogP contribution in [0.25, 0.3) is 0 Å². The van der Waals surface area contributed by atoms with Crippen molar-refractivity contribution in [3.63, 3.8) is 0 Å². The van der Waals surface area contributed by atoms with Gasteiger partial charge < -0.3 is 5.32 Å². The number of hydrogen-bond acceptors (Lipinski definition) is 5. The minimum atomic E-state index is -0.358. The molecule has 1 heterocycles. The Morgan fingerprint density at radius 1 is 1.32 bits per heavy atom. The van der Waals surface area contributed by atoms with Crippen molar-refractivity contribution in [1.29, 1.82) is 0 Å². The van der Waals surface area contributed by atoms with Gasteiger partial charge in [0.15, 0.2) is 0 Å². The van der Waals surface area contributed by atoms with Gasteiger partial charge in [0.1, 0.15) is 6.33 Å². The van der Waals surface area contributed by atoms with Gasteiger partial charge in [-0.3, -0.25) is 10.1 Å². The Bertz CT molecular complexity index is 572. The van der Waals surface area contributed by atoms with E-state index in [9.17, 15) is 10.1 Å². The number of nitro benzene ring substituents is 1. The lowest BCUT2D eigenvalue weighted by Gasteiger charge is -2.07. The third kappa shape index (κ3) is 3.32. The SMILES string of the molecule is Cc1c(CNCc2ccncn2)cccc1[N+](=O)[O-]. The van der Waals surface area contributed by atoms with Crippen LogP contribution in [0.1, 0.15) is 16.8 Å². The van der Waals surface area contributed by atoms with Gasteiger partial charge in [0.25, 0.3) is 5.69 Å². The molecule has 1 aromatic heterocycles. The molecule has 6 heteroatoms. The number of nitrogens with one attached hydrogen (secondary N) is 1. The first kappa shape index (κ1) is 13.1. The molecule has 0 radical (unpaired) electrons. The molecule has 0 saturated carbocycles. The predicted octanol–water partition coefficient (Wildman–Crippen LogP) is 1.98. The Hall–Kier alpha value is -2.34. The Morgan fingerprint density at radius 2 is 2.16 bits per heavy atom. The predicted molar refractivity (Wildman–Crippen MR) is 70.4 cm³/mol. The number of rotatable bonds is 5. The Labute approximate surface area is 110 Å². The minimum absolute atomic E-state index is 0.154. The van der Waals surface area contributed by atoms with Gasteiger partial charge in [-0.15, -0.1) is 0 Å². The molecule has 0 bridgehead atoms. The minimum Gasteiger partial charge on any atom is -0.307 e. The van der Waals surface area contributed by atoms with E-state index in [4.69, 9.17) is 0 Å². The summed E-state index contributed by atoms with van der Waals surface area (Å²) in [5.74, 6) is 0. The van der Waals surface area contributed by atoms with E-state index in [0.29, 0.717) is 18.7 Å². The highest BCUT2D eigenvalue weighted by atomic mass is 16.6. The lowest BCUT2D eigenvalue weighted by molar-refractivity contribution is -0.385. The second-order valence-corrected chi connectivity index (χ2v) is 4.12. The van der Waals surface area contributed by atoms with Crippen molar-refractivity contribution >= 4 is 5.69 Å². The largest absolute Gasteiger partial charge is 0.307 e. The molecule has 0 saturated heterocycles.